The second-order valence-corrected chi connectivity index (χ2v) is 12.8. The molecular formula is C27H19B4F5N4O7S. The minimum absolute atomic E-state index is 0.0278. The second kappa shape index (κ2) is 10.6. The van der Waals surface area contributed by atoms with Gasteiger partial charge in [0.1, 0.15) is 30.9 Å². The topological polar surface area (TPSA) is 149 Å². The zero-order valence-corrected chi connectivity index (χ0v) is 25.1. The van der Waals surface area contributed by atoms with E-state index in [4.69, 9.17) is 36.1 Å². The molecule has 8 radical (unpaired) electrons. The number of aliphatic hydroxyl groups is 4. The van der Waals surface area contributed by atoms with Gasteiger partial charge in [0.2, 0.25) is 5.91 Å². The molecule has 2 aromatic carbocycles. The highest BCUT2D eigenvalue weighted by Crippen LogP contribution is 2.53. The molecule has 4 heterocycles. The van der Waals surface area contributed by atoms with Crippen LogP contribution in [0.15, 0.2) is 46.6 Å². The van der Waals surface area contributed by atoms with Crippen LogP contribution in [0.4, 0.5) is 27.8 Å². The molecule has 1 spiro atoms. The van der Waals surface area contributed by atoms with Crippen LogP contribution in [0, 0.1) is 17.0 Å². The van der Waals surface area contributed by atoms with Crippen molar-refractivity contribution in [2.24, 2.45) is 5.41 Å². The van der Waals surface area contributed by atoms with Crippen LogP contribution >= 0.6 is 11.8 Å². The second-order valence-electron chi connectivity index (χ2n) is 11.9. The average molecular weight is 682 g/mol. The van der Waals surface area contributed by atoms with Gasteiger partial charge in [-0.15, -0.1) is 11.8 Å². The monoisotopic (exact) mass is 682 g/mol. The molecule has 1 amide bonds. The molecule has 0 bridgehead atoms. The maximum Gasteiger partial charge on any atom is 0.417 e. The zero-order valence-electron chi connectivity index (χ0n) is 24.3. The molecule has 11 nitrogen and oxygen atoms in total. The minimum atomic E-state index is -5.31. The molecule has 4 N–H and O–H groups in total. The lowest BCUT2D eigenvalue weighted by Gasteiger charge is -2.68. The Morgan fingerprint density at radius 3 is 2.25 bits per heavy atom. The first-order chi connectivity index (χ1) is 22.0. The third-order valence-electron chi connectivity index (χ3n) is 8.59. The van der Waals surface area contributed by atoms with Crippen molar-refractivity contribution in [3.63, 3.8) is 0 Å². The number of hydrogen-bond acceptors (Lipinski definition) is 10. The number of amides is 1. The van der Waals surface area contributed by atoms with Crippen molar-refractivity contribution < 1.29 is 51.9 Å². The van der Waals surface area contributed by atoms with Crippen molar-refractivity contribution in [2.75, 3.05) is 23.9 Å². The number of alkyl halides is 3. The molecule has 1 aromatic heterocycles. The fraction of sp³-hybridized carbons (Fsp3) is 0.370. The zero-order chi connectivity index (χ0) is 35.6. The summed E-state index contributed by atoms with van der Waals surface area (Å²) in [6, 6.07) is 2.23. The average Bonchev–Trinajstić information content (AvgIpc) is 3.13. The van der Waals surface area contributed by atoms with Crippen LogP contribution in [0.2, 0.25) is 0 Å². The first kappa shape index (κ1) is 34.5. The molecule has 21 heteroatoms. The Labute approximate surface area is 277 Å². The summed E-state index contributed by atoms with van der Waals surface area (Å²) in [7, 11) is 23.7. The quantitative estimate of drug-likeness (QED) is 0.124. The Balaban J connectivity index is 1.78. The van der Waals surface area contributed by atoms with Crippen LogP contribution in [0.5, 0.6) is 0 Å². The van der Waals surface area contributed by atoms with Crippen LogP contribution in [-0.2, 0) is 22.3 Å². The third-order valence-corrected chi connectivity index (χ3v) is 10.0. The van der Waals surface area contributed by atoms with E-state index >= 15 is 4.39 Å². The first-order valence-corrected chi connectivity index (χ1v) is 14.7. The number of benzene rings is 2. The summed E-state index contributed by atoms with van der Waals surface area (Å²) in [5, 5.41) is 41.2. The summed E-state index contributed by atoms with van der Waals surface area (Å²) in [6.07, 6.45) is -4.86. The number of carbonyl (C=O) groups excluding carboxylic acids is 1. The number of rotatable bonds is 3. The van der Waals surface area contributed by atoms with Crippen molar-refractivity contribution in [1.29, 1.82) is 0 Å². The number of hydrogen-bond donors (Lipinski definition) is 4. The molecule has 3 aliphatic heterocycles. The van der Waals surface area contributed by atoms with Gasteiger partial charge in [-0.2, -0.15) is 18.2 Å². The Bertz CT molecular complexity index is 1950. The van der Waals surface area contributed by atoms with Crippen LogP contribution < -0.4 is 10.6 Å². The molecular weight excluding hydrogens is 663 g/mol. The Kier molecular flexibility index (Phi) is 7.60. The largest absolute Gasteiger partial charge is 0.417 e. The van der Waals surface area contributed by atoms with E-state index in [1.54, 1.807) is 0 Å². The van der Waals surface area contributed by atoms with Gasteiger partial charge < -0.3 is 30.1 Å². The molecule has 2 saturated heterocycles. The van der Waals surface area contributed by atoms with Crippen molar-refractivity contribution >= 4 is 65.8 Å². The number of piperazine rings is 1. The standard InChI is InChI=1S/C27H19B4F5N4O7S/c1-2-16(41)39-24(28,29)25(30,43)40(27(45,46)26(39,31)44)20-13-6-14(23(34,35)36)17(12-4-3-11(32)5-15(12)33)19-18(13)38(21(42)37-20)7-22(10-48-19)8-47-9-22/h2-6,43-46H,1,7-10H2. The molecule has 0 aliphatic carbocycles. The highest BCUT2D eigenvalue weighted by atomic mass is 32.2. The summed E-state index contributed by atoms with van der Waals surface area (Å²) in [5.41, 5.74) is -13.1. The third kappa shape index (κ3) is 4.61. The van der Waals surface area contributed by atoms with Gasteiger partial charge in [0, 0.05) is 50.5 Å². The number of aromatic nitrogens is 2. The number of thioether (sulfide) groups is 1. The van der Waals surface area contributed by atoms with Gasteiger partial charge in [0.25, 0.3) is 5.91 Å². The van der Waals surface area contributed by atoms with Crippen LogP contribution in [0.25, 0.3) is 22.0 Å². The molecule has 48 heavy (non-hydrogen) atoms. The molecule has 2 atom stereocenters. The lowest BCUT2D eigenvalue weighted by molar-refractivity contribution is -0.324. The van der Waals surface area contributed by atoms with Gasteiger partial charge in [-0.05, 0) is 24.3 Å². The van der Waals surface area contributed by atoms with Gasteiger partial charge in [0.05, 0.1) is 40.0 Å². The van der Waals surface area contributed by atoms with Crippen LogP contribution in [-0.4, -0.2) is 114 Å². The van der Waals surface area contributed by atoms with Crippen molar-refractivity contribution in [2.45, 2.75) is 40.1 Å². The van der Waals surface area contributed by atoms with E-state index in [0.29, 0.717) is 18.2 Å². The molecule has 2 unspecified atom stereocenters. The van der Waals surface area contributed by atoms with Gasteiger partial charge in [-0.1, -0.05) is 6.58 Å². The number of anilines is 1. The fourth-order valence-corrected chi connectivity index (χ4v) is 7.56. The van der Waals surface area contributed by atoms with E-state index in [9.17, 15) is 47.6 Å². The normalized spacial score (nSPS) is 25.9. The van der Waals surface area contributed by atoms with Gasteiger partial charge in [-0.3, -0.25) is 14.3 Å². The Hall–Kier alpha value is -3.35. The summed E-state index contributed by atoms with van der Waals surface area (Å²) in [4.78, 5) is 29.3. The van der Waals surface area contributed by atoms with E-state index < -0.39 is 90.7 Å². The molecule has 3 aromatic rings. The summed E-state index contributed by atoms with van der Waals surface area (Å²) >= 11 is 0.768. The summed E-state index contributed by atoms with van der Waals surface area (Å²) < 4.78 is 80.3. The van der Waals surface area contributed by atoms with E-state index in [2.05, 4.69) is 11.6 Å². The van der Waals surface area contributed by atoms with E-state index in [1.165, 1.54) is 0 Å². The molecule has 0 saturated carbocycles. The number of ether oxygens (including phenoxy) is 1. The minimum Gasteiger partial charge on any atom is -0.380 e. The molecule has 6 rings (SSSR count). The Morgan fingerprint density at radius 2 is 1.71 bits per heavy atom. The van der Waals surface area contributed by atoms with Gasteiger partial charge >= 0.3 is 11.9 Å². The van der Waals surface area contributed by atoms with Gasteiger partial charge in [-0.25, -0.2) is 13.6 Å². The van der Waals surface area contributed by atoms with Crippen LogP contribution in [0.3, 0.4) is 0 Å². The lowest BCUT2D eigenvalue weighted by Crippen LogP contribution is -2.92. The number of nitrogens with zero attached hydrogens (tertiary/aromatic N) is 4. The van der Waals surface area contributed by atoms with Crippen molar-refractivity contribution in [1.82, 2.24) is 14.5 Å². The lowest BCUT2D eigenvalue weighted by atomic mass is 9.45. The van der Waals surface area contributed by atoms with Crippen LogP contribution in [0.1, 0.15) is 5.56 Å². The first-order valence-electron chi connectivity index (χ1n) is 13.7. The number of halogens is 5. The van der Waals surface area contributed by atoms with Crippen molar-refractivity contribution in [3.8, 4) is 11.1 Å². The summed E-state index contributed by atoms with van der Waals surface area (Å²) in [5.74, 6) is -9.42. The molecule has 2 fully saturated rings. The Morgan fingerprint density at radius 1 is 1.06 bits per heavy atom. The van der Waals surface area contributed by atoms with E-state index in [1.807, 2.05) is 0 Å². The van der Waals surface area contributed by atoms with Gasteiger partial charge in [0.15, 0.2) is 13.5 Å². The van der Waals surface area contributed by atoms with E-state index in [0.717, 1.165) is 28.5 Å². The summed E-state index contributed by atoms with van der Waals surface area (Å²) in [6.45, 7) is 3.07. The molecule has 3 aliphatic rings. The highest BCUT2D eigenvalue weighted by molar-refractivity contribution is 7.99. The van der Waals surface area contributed by atoms with Crippen molar-refractivity contribution in [3.05, 3.63) is 64.6 Å². The predicted octanol–water partition coefficient (Wildman–Crippen LogP) is -0.424. The fourth-order valence-electron chi connectivity index (χ4n) is 6.13. The maximum absolute atomic E-state index is 15.3. The maximum atomic E-state index is 15.3. The van der Waals surface area contributed by atoms with E-state index in [-0.39, 0.29) is 40.2 Å². The molecule has 242 valence electrons. The smallest absolute Gasteiger partial charge is 0.380 e. The predicted molar refractivity (Wildman–Crippen MR) is 163 cm³/mol. The highest BCUT2D eigenvalue weighted by Gasteiger charge is 2.70. The SMILES string of the molecule is [B]C1([B])N(C(=O)C=C)C([B])(O)C(O)(O)N(c2nc(=O)n3c4c(c(-c5ccc(F)cc5F)c(C(F)(F)F)cc24)SCC2(COC2)C3)C1([B])O. The number of carbonyl (C=O) groups is 1.